The smallest absolute Gasteiger partial charge is 0.256 e. The number of hydrogen-bond donors (Lipinski definition) is 1. The van der Waals surface area contributed by atoms with Gasteiger partial charge in [0.25, 0.3) is 11.5 Å². The Morgan fingerprint density at radius 3 is 2.46 bits per heavy atom. The number of ether oxygens (including phenoxy) is 2. The predicted molar refractivity (Wildman–Crippen MR) is 122 cm³/mol. The number of nitrogens with one attached hydrogen (secondary N) is 1. The van der Waals surface area contributed by atoms with E-state index in [4.69, 9.17) is 9.47 Å². The van der Waals surface area contributed by atoms with Gasteiger partial charge in [0.1, 0.15) is 17.3 Å². The summed E-state index contributed by atoms with van der Waals surface area (Å²) >= 11 is 0. The van der Waals surface area contributed by atoms with Crippen LogP contribution < -0.4 is 10.3 Å². The van der Waals surface area contributed by atoms with Gasteiger partial charge >= 0.3 is 0 Å². The molecule has 1 amide bonds. The van der Waals surface area contributed by atoms with Gasteiger partial charge in [-0.1, -0.05) is 6.07 Å². The van der Waals surface area contributed by atoms with Gasteiger partial charge in [0, 0.05) is 23.9 Å². The van der Waals surface area contributed by atoms with Gasteiger partial charge in [-0.3, -0.25) is 9.59 Å². The van der Waals surface area contributed by atoms with Crippen molar-refractivity contribution >= 4 is 16.7 Å². The third-order valence-electron chi connectivity index (χ3n) is 5.96. The summed E-state index contributed by atoms with van der Waals surface area (Å²) in [6.45, 7) is 0.167. The van der Waals surface area contributed by atoms with E-state index < -0.39 is 29.1 Å². The van der Waals surface area contributed by atoms with E-state index in [0.29, 0.717) is 28.3 Å². The predicted octanol–water partition coefficient (Wildman–Crippen LogP) is 5.08. The van der Waals surface area contributed by atoms with Crippen molar-refractivity contribution < 1.29 is 27.4 Å². The van der Waals surface area contributed by atoms with Crippen LogP contribution in [0.4, 0.5) is 13.2 Å². The van der Waals surface area contributed by atoms with Gasteiger partial charge in [-0.25, -0.2) is 13.2 Å². The first kappa shape index (κ1) is 22.7. The van der Waals surface area contributed by atoms with Crippen molar-refractivity contribution in [3.8, 4) is 11.5 Å². The Labute approximate surface area is 197 Å². The van der Waals surface area contributed by atoms with Gasteiger partial charge < -0.3 is 19.4 Å². The van der Waals surface area contributed by atoms with Crippen molar-refractivity contribution in [1.29, 1.82) is 0 Å². The molecule has 0 bridgehead atoms. The standard InChI is InChI=1S/C26H19F3N2O4/c1-31(26(33)14-3-2-4-17(9-14)35-16-7-5-15(27)6-8-16)23-13-34-12-22-24(23)18-10-20(28)21(29)11-19(18)25(32)30-22/h2-11,23H,12-13H2,1H3,(H,30,32)/t23-/m1/s1. The lowest BCUT2D eigenvalue weighted by atomic mass is 9.95. The highest BCUT2D eigenvalue weighted by Crippen LogP contribution is 2.34. The molecule has 1 atom stereocenters. The molecule has 35 heavy (non-hydrogen) atoms. The molecular weight excluding hydrogens is 461 g/mol. The van der Waals surface area contributed by atoms with Crippen molar-refractivity contribution in [2.45, 2.75) is 12.6 Å². The van der Waals surface area contributed by atoms with E-state index >= 15 is 0 Å². The van der Waals surface area contributed by atoms with Crippen LogP contribution in [-0.4, -0.2) is 29.4 Å². The van der Waals surface area contributed by atoms with Crippen molar-refractivity contribution in [3.05, 3.63) is 105 Å². The number of carbonyl (C=O) groups excluding carboxylic acids is 1. The van der Waals surface area contributed by atoms with E-state index in [1.807, 2.05) is 0 Å². The van der Waals surface area contributed by atoms with Crippen molar-refractivity contribution in [3.63, 3.8) is 0 Å². The molecule has 0 unspecified atom stereocenters. The molecule has 2 heterocycles. The maximum atomic E-state index is 14.1. The number of rotatable bonds is 4. The fourth-order valence-electron chi connectivity index (χ4n) is 4.22. The summed E-state index contributed by atoms with van der Waals surface area (Å²) < 4.78 is 52.4. The first-order valence-electron chi connectivity index (χ1n) is 10.7. The zero-order chi connectivity index (χ0) is 24.7. The lowest BCUT2D eigenvalue weighted by Gasteiger charge is -2.34. The Morgan fingerprint density at radius 2 is 1.71 bits per heavy atom. The van der Waals surface area contributed by atoms with Crippen LogP contribution in [0.1, 0.15) is 27.7 Å². The Hall–Kier alpha value is -4.11. The van der Waals surface area contributed by atoms with Crippen molar-refractivity contribution in [2.75, 3.05) is 13.7 Å². The number of halogens is 3. The minimum Gasteiger partial charge on any atom is -0.457 e. The van der Waals surface area contributed by atoms with Crippen molar-refractivity contribution in [1.82, 2.24) is 9.88 Å². The molecule has 1 aliphatic heterocycles. The maximum Gasteiger partial charge on any atom is 0.256 e. The van der Waals surface area contributed by atoms with Crippen LogP contribution in [0.25, 0.3) is 10.8 Å². The molecule has 5 rings (SSSR count). The summed E-state index contributed by atoms with van der Waals surface area (Å²) in [7, 11) is 1.57. The summed E-state index contributed by atoms with van der Waals surface area (Å²) in [5, 5.41) is 0.217. The van der Waals surface area contributed by atoms with Gasteiger partial charge in [0.2, 0.25) is 0 Å². The molecule has 4 aromatic rings. The number of likely N-dealkylation sites (N-methyl/N-ethyl adjacent to an activating group) is 1. The molecule has 0 fully saturated rings. The zero-order valence-electron chi connectivity index (χ0n) is 18.5. The molecular formula is C26H19F3N2O4. The molecule has 0 saturated carbocycles. The number of pyridine rings is 1. The Balaban J connectivity index is 1.49. The Kier molecular flexibility index (Phi) is 5.78. The second-order valence-electron chi connectivity index (χ2n) is 8.19. The first-order valence-corrected chi connectivity index (χ1v) is 10.7. The second-order valence-corrected chi connectivity index (χ2v) is 8.19. The molecule has 0 aliphatic carbocycles. The number of nitrogens with zero attached hydrogens (tertiary/aromatic N) is 1. The van der Waals surface area contributed by atoms with E-state index in [1.54, 1.807) is 31.3 Å². The summed E-state index contributed by atoms with van der Waals surface area (Å²) in [5.74, 6) is -2.21. The van der Waals surface area contributed by atoms with Crippen molar-refractivity contribution in [2.24, 2.45) is 0 Å². The van der Waals surface area contributed by atoms with E-state index in [1.165, 1.54) is 29.2 Å². The van der Waals surface area contributed by atoms with Crippen LogP contribution in [0.3, 0.4) is 0 Å². The van der Waals surface area contributed by atoms with E-state index in [9.17, 15) is 22.8 Å². The third-order valence-corrected chi connectivity index (χ3v) is 5.96. The van der Waals surface area contributed by atoms with Crippen LogP contribution in [0.2, 0.25) is 0 Å². The van der Waals surface area contributed by atoms with Gasteiger partial charge in [0.05, 0.1) is 24.6 Å². The summed E-state index contributed by atoms with van der Waals surface area (Å²) in [6, 6.07) is 13.1. The molecule has 178 valence electrons. The second kappa shape index (κ2) is 8.92. The molecule has 1 N–H and O–H groups in total. The zero-order valence-corrected chi connectivity index (χ0v) is 18.5. The lowest BCUT2D eigenvalue weighted by molar-refractivity contribution is 0.0335. The topological polar surface area (TPSA) is 71.6 Å². The maximum absolute atomic E-state index is 14.1. The number of H-pyrrole nitrogens is 1. The molecule has 0 radical (unpaired) electrons. The monoisotopic (exact) mass is 480 g/mol. The minimum absolute atomic E-state index is 0.00917. The normalized spacial score (nSPS) is 15.0. The van der Waals surface area contributed by atoms with Gasteiger partial charge in [-0.05, 0) is 60.0 Å². The SMILES string of the molecule is CN(C(=O)c1cccc(Oc2ccc(F)cc2)c1)[C@@H]1COCc2[nH]c(=O)c3cc(F)c(F)cc3c21. The first-order chi connectivity index (χ1) is 16.8. The fraction of sp³-hybridized carbons (Fsp3) is 0.154. The highest BCUT2D eigenvalue weighted by molar-refractivity contribution is 5.95. The van der Waals surface area contributed by atoms with E-state index in [-0.39, 0.29) is 29.9 Å². The van der Waals surface area contributed by atoms with Crippen LogP contribution in [0, 0.1) is 17.5 Å². The quantitative estimate of drug-likeness (QED) is 0.442. The van der Waals surface area contributed by atoms with Crippen LogP contribution in [0.5, 0.6) is 11.5 Å². The average Bonchev–Trinajstić information content (AvgIpc) is 2.85. The fourth-order valence-corrected chi connectivity index (χ4v) is 4.22. The number of aromatic nitrogens is 1. The number of benzene rings is 3. The number of fused-ring (bicyclic) bond motifs is 3. The minimum atomic E-state index is -1.13. The lowest BCUT2D eigenvalue weighted by Crippen LogP contribution is -2.37. The highest BCUT2D eigenvalue weighted by atomic mass is 19.2. The van der Waals surface area contributed by atoms with E-state index in [0.717, 1.165) is 12.1 Å². The number of amides is 1. The highest BCUT2D eigenvalue weighted by Gasteiger charge is 2.31. The molecule has 1 aromatic heterocycles. The summed E-state index contributed by atoms with van der Waals surface area (Å²) in [4.78, 5) is 29.9. The average molecular weight is 480 g/mol. The largest absolute Gasteiger partial charge is 0.457 e. The molecule has 9 heteroatoms. The van der Waals surface area contributed by atoms with E-state index in [2.05, 4.69) is 4.98 Å². The van der Waals surface area contributed by atoms with Crippen LogP contribution >= 0.6 is 0 Å². The Bertz CT molecular complexity index is 1500. The van der Waals surface area contributed by atoms with Gasteiger partial charge in [0.15, 0.2) is 11.6 Å². The molecule has 0 saturated heterocycles. The molecule has 6 nitrogen and oxygen atoms in total. The number of carbonyl (C=O) groups is 1. The summed E-state index contributed by atoms with van der Waals surface area (Å²) in [6.07, 6.45) is 0. The molecule has 0 spiro atoms. The van der Waals surface area contributed by atoms with Gasteiger partial charge in [-0.15, -0.1) is 0 Å². The van der Waals surface area contributed by atoms with Crippen LogP contribution in [0.15, 0.2) is 65.5 Å². The Morgan fingerprint density at radius 1 is 1.00 bits per heavy atom. The van der Waals surface area contributed by atoms with Gasteiger partial charge in [-0.2, -0.15) is 0 Å². The third kappa shape index (κ3) is 4.26. The summed E-state index contributed by atoms with van der Waals surface area (Å²) in [5.41, 5.74) is 0.642. The van der Waals surface area contributed by atoms with Crippen LogP contribution in [-0.2, 0) is 11.3 Å². The number of hydrogen-bond acceptors (Lipinski definition) is 4. The molecule has 3 aromatic carbocycles. The number of aromatic amines is 1. The molecule has 1 aliphatic rings.